The minimum Gasteiger partial charge on any atom is -0.480 e. The quantitative estimate of drug-likeness (QED) is 0.120. The molecule has 13 heteroatoms. The van der Waals surface area contributed by atoms with Gasteiger partial charge in [-0.3, -0.25) is 9.59 Å². The van der Waals surface area contributed by atoms with Gasteiger partial charge in [0.2, 0.25) is 5.95 Å². The number of nitrogens with one attached hydrogen (secondary N) is 3. The Morgan fingerprint density at radius 2 is 1.58 bits per heavy atom. The summed E-state index contributed by atoms with van der Waals surface area (Å²) in [4.78, 5) is 56.5. The Kier molecular flexibility index (Phi) is 9.35. The number of aryl methyl sites for hydroxylation is 1. The number of anilines is 3. The number of aromatic carboxylic acids is 1. The molecular formula is C30H31N7O6. The lowest BCUT2D eigenvalue weighted by Crippen LogP contribution is -2.41. The van der Waals surface area contributed by atoms with E-state index in [0.717, 1.165) is 22.2 Å². The molecule has 13 nitrogen and oxygen atoms in total. The number of nitrogen functional groups attached to an aromatic ring is 2. The van der Waals surface area contributed by atoms with Crippen LogP contribution in [0, 0.1) is 6.92 Å². The van der Waals surface area contributed by atoms with E-state index in [1.165, 1.54) is 18.2 Å². The number of nitrogens with two attached hydrogens (primary N) is 2. The molecule has 0 spiro atoms. The molecule has 0 aliphatic rings. The highest BCUT2D eigenvalue weighted by Crippen LogP contribution is 2.26. The van der Waals surface area contributed by atoms with Crippen molar-refractivity contribution >= 4 is 52.1 Å². The van der Waals surface area contributed by atoms with Crippen LogP contribution in [-0.2, 0) is 11.3 Å². The Hall–Kier alpha value is -5.72. The molecule has 4 aromatic rings. The Morgan fingerprint density at radius 3 is 2.26 bits per heavy atom. The minimum absolute atomic E-state index is 0.00771. The van der Waals surface area contributed by atoms with Crippen LogP contribution in [0.3, 0.4) is 0 Å². The first-order valence-corrected chi connectivity index (χ1v) is 13.3. The number of carboxylic acid groups (broad SMARTS) is 2. The average Bonchev–Trinajstić information content (AvgIpc) is 2.97. The zero-order valence-corrected chi connectivity index (χ0v) is 23.3. The number of rotatable bonds is 12. The fourth-order valence-corrected chi connectivity index (χ4v) is 4.58. The van der Waals surface area contributed by atoms with Crippen LogP contribution in [0.2, 0.25) is 0 Å². The molecule has 1 heterocycles. The summed E-state index contributed by atoms with van der Waals surface area (Å²) in [7, 11) is 0. The molecular weight excluding hydrogens is 554 g/mol. The van der Waals surface area contributed by atoms with Gasteiger partial charge in [0.15, 0.2) is 0 Å². The van der Waals surface area contributed by atoms with E-state index < -0.39 is 29.8 Å². The van der Waals surface area contributed by atoms with Crippen molar-refractivity contribution in [2.45, 2.75) is 32.4 Å². The van der Waals surface area contributed by atoms with Crippen molar-refractivity contribution in [3.05, 3.63) is 88.5 Å². The molecule has 222 valence electrons. The molecule has 0 unspecified atom stereocenters. The Balaban J connectivity index is 1.29. The first kappa shape index (κ1) is 30.2. The molecule has 0 saturated heterocycles. The van der Waals surface area contributed by atoms with Crippen LogP contribution in [0.15, 0.2) is 60.7 Å². The van der Waals surface area contributed by atoms with E-state index in [1.54, 1.807) is 30.3 Å². The average molecular weight is 586 g/mol. The predicted molar refractivity (Wildman–Crippen MR) is 161 cm³/mol. The maximum Gasteiger partial charge on any atom is 0.336 e. The SMILES string of the molecule is Cc1c(CNc2ccc(C(=O)N[C@@H](CCCNC(=O)c3ccccc3C(=O)O)C(=O)O)cc2)ccc2nc(N)nc(N)c12. The predicted octanol–water partition coefficient (Wildman–Crippen LogP) is 2.81. The third-order valence-electron chi connectivity index (χ3n) is 6.87. The van der Waals surface area contributed by atoms with Crippen molar-refractivity contribution in [3.8, 4) is 0 Å². The van der Waals surface area contributed by atoms with Gasteiger partial charge in [-0.15, -0.1) is 0 Å². The molecule has 4 rings (SSSR count). The van der Waals surface area contributed by atoms with Crippen molar-refractivity contribution in [2.24, 2.45) is 0 Å². The molecule has 1 aromatic heterocycles. The lowest BCUT2D eigenvalue weighted by atomic mass is 10.0. The summed E-state index contributed by atoms with van der Waals surface area (Å²) in [5, 5.41) is 28.0. The third kappa shape index (κ3) is 7.33. The number of benzene rings is 3. The normalized spacial score (nSPS) is 11.5. The number of aliphatic carboxylic acids is 1. The zero-order chi connectivity index (χ0) is 31.1. The van der Waals surface area contributed by atoms with Crippen LogP contribution in [0.25, 0.3) is 10.9 Å². The summed E-state index contributed by atoms with van der Waals surface area (Å²) in [6, 6.07) is 14.9. The van der Waals surface area contributed by atoms with Gasteiger partial charge in [-0.2, -0.15) is 4.98 Å². The summed E-state index contributed by atoms with van der Waals surface area (Å²) in [6.45, 7) is 2.49. The van der Waals surface area contributed by atoms with E-state index in [0.29, 0.717) is 17.9 Å². The zero-order valence-electron chi connectivity index (χ0n) is 23.3. The maximum atomic E-state index is 12.7. The minimum atomic E-state index is -1.23. The number of carbonyl (C=O) groups is 4. The molecule has 1 atom stereocenters. The molecule has 0 saturated carbocycles. The van der Waals surface area contributed by atoms with E-state index in [1.807, 2.05) is 19.1 Å². The lowest BCUT2D eigenvalue weighted by molar-refractivity contribution is -0.139. The molecule has 0 radical (unpaired) electrons. The maximum absolute atomic E-state index is 12.7. The number of carbonyl (C=O) groups excluding carboxylic acids is 2. The Morgan fingerprint density at radius 1 is 0.884 bits per heavy atom. The van der Waals surface area contributed by atoms with E-state index >= 15 is 0 Å². The highest BCUT2D eigenvalue weighted by atomic mass is 16.4. The molecule has 9 N–H and O–H groups in total. The van der Waals surface area contributed by atoms with Gasteiger partial charge in [0.1, 0.15) is 11.9 Å². The topological polar surface area (TPSA) is 223 Å². The first-order valence-electron chi connectivity index (χ1n) is 13.3. The highest BCUT2D eigenvalue weighted by Gasteiger charge is 2.21. The number of carboxylic acids is 2. The van der Waals surface area contributed by atoms with Gasteiger partial charge in [-0.05, 0) is 73.4 Å². The second-order valence-corrected chi connectivity index (χ2v) is 9.75. The highest BCUT2D eigenvalue weighted by molar-refractivity contribution is 6.04. The number of hydrogen-bond acceptors (Lipinski definition) is 9. The van der Waals surface area contributed by atoms with Gasteiger partial charge in [0.05, 0.1) is 16.6 Å². The second kappa shape index (κ2) is 13.3. The number of amides is 2. The van der Waals surface area contributed by atoms with Crippen LogP contribution in [0.1, 0.15) is 55.0 Å². The van der Waals surface area contributed by atoms with Gasteiger partial charge >= 0.3 is 11.9 Å². The van der Waals surface area contributed by atoms with Crippen molar-refractivity contribution in [1.29, 1.82) is 0 Å². The van der Waals surface area contributed by atoms with E-state index in [4.69, 9.17) is 11.5 Å². The molecule has 3 aromatic carbocycles. The third-order valence-corrected chi connectivity index (χ3v) is 6.87. The van der Waals surface area contributed by atoms with Crippen molar-refractivity contribution in [1.82, 2.24) is 20.6 Å². The van der Waals surface area contributed by atoms with E-state index in [2.05, 4.69) is 25.9 Å². The van der Waals surface area contributed by atoms with Crippen molar-refractivity contribution in [2.75, 3.05) is 23.3 Å². The lowest BCUT2D eigenvalue weighted by Gasteiger charge is -2.15. The summed E-state index contributed by atoms with van der Waals surface area (Å²) < 4.78 is 0. The number of fused-ring (bicyclic) bond motifs is 1. The number of hydrogen-bond donors (Lipinski definition) is 7. The summed E-state index contributed by atoms with van der Waals surface area (Å²) in [6.07, 6.45) is 0.287. The monoisotopic (exact) mass is 585 g/mol. The molecule has 0 bridgehead atoms. The fourth-order valence-electron chi connectivity index (χ4n) is 4.58. The van der Waals surface area contributed by atoms with Crippen molar-refractivity contribution < 1.29 is 29.4 Å². The van der Waals surface area contributed by atoms with Gasteiger partial charge in [0.25, 0.3) is 11.8 Å². The van der Waals surface area contributed by atoms with Crippen LogP contribution >= 0.6 is 0 Å². The summed E-state index contributed by atoms with van der Waals surface area (Å²) >= 11 is 0. The number of nitrogens with zero attached hydrogens (tertiary/aromatic N) is 2. The first-order chi connectivity index (χ1) is 20.5. The van der Waals surface area contributed by atoms with Crippen LogP contribution in [0.4, 0.5) is 17.5 Å². The van der Waals surface area contributed by atoms with Gasteiger partial charge in [-0.1, -0.05) is 18.2 Å². The standard InChI is InChI=1S/C30H31N7O6/c1-16-18(10-13-22-24(16)25(31)37-30(32)36-22)15-34-19-11-8-17(9-12-19)26(38)35-23(29(42)43)7-4-14-33-27(39)20-5-2-3-6-21(20)28(40)41/h2-3,5-6,8-13,23,34H,4,7,14-15H2,1H3,(H,33,39)(H,35,38)(H,40,41)(H,42,43)(H4,31,32,36,37)/t23-/m0/s1. The fraction of sp³-hybridized carbons (Fsp3) is 0.200. The smallest absolute Gasteiger partial charge is 0.336 e. The molecule has 0 aliphatic heterocycles. The van der Waals surface area contributed by atoms with E-state index in [9.17, 15) is 29.4 Å². The molecule has 0 aliphatic carbocycles. The molecule has 43 heavy (non-hydrogen) atoms. The van der Waals surface area contributed by atoms with Gasteiger partial charge < -0.3 is 37.6 Å². The van der Waals surface area contributed by atoms with Crippen LogP contribution in [0.5, 0.6) is 0 Å². The van der Waals surface area contributed by atoms with Crippen LogP contribution in [-0.4, -0.2) is 56.5 Å². The number of aromatic nitrogens is 2. The summed E-state index contributed by atoms with van der Waals surface area (Å²) in [5.74, 6) is -3.16. The summed E-state index contributed by atoms with van der Waals surface area (Å²) in [5.41, 5.74) is 15.2. The Bertz CT molecular complexity index is 1690. The van der Waals surface area contributed by atoms with Gasteiger partial charge in [0, 0.05) is 29.7 Å². The van der Waals surface area contributed by atoms with Crippen LogP contribution < -0.4 is 27.4 Å². The second-order valence-electron chi connectivity index (χ2n) is 9.75. The molecule has 2 amide bonds. The van der Waals surface area contributed by atoms with Gasteiger partial charge in [-0.25, -0.2) is 14.6 Å². The van der Waals surface area contributed by atoms with Crippen molar-refractivity contribution in [3.63, 3.8) is 0 Å². The Labute approximate surface area is 246 Å². The largest absolute Gasteiger partial charge is 0.480 e. The van der Waals surface area contributed by atoms with E-state index in [-0.39, 0.29) is 42.0 Å². The molecule has 0 fully saturated rings.